The van der Waals surface area contributed by atoms with E-state index in [2.05, 4.69) is 16.2 Å². The molecule has 0 radical (unpaired) electrons. The Morgan fingerprint density at radius 1 is 0.750 bits per heavy atom. The van der Waals surface area contributed by atoms with Gasteiger partial charge in [-0.2, -0.15) is 0 Å². The number of amides is 2. The van der Waals surface area contributed by atoms with Gasteiger partial charge in [-0.1, -0.05) is 72.8 Å². The Bertz CT molecular complexity index is 1170. The zero-order valence-electron chi connectivity index (χ0n) is 19.6. The molecule has 9 heteroatoms. The van der Waals surface area contributed by atoms with Crippen LogP contribution in [0.3, 0.4) is 0 Å². The molecule has 3 aromatic carbocycles. The molecule has 0 fully saturated rings. The molecule has 186 valence electrons. The minimum absolute atomic E-state index is 0.0816. The average Bonchev–Trinajstić information content (AvgIpc) is 2.91. The summed E-state index contributed by atoms with van der Waals surface area (Å²) in [6.45, 7) is 0.550. The summed E-state index contributed by atoms with van der Waals surface area (Å²) in [5.74, 6) is -1.03. The molecule has 36 heavy (non-hydrogen) atoms. The van der Waals surface area contributed by atoms with Crippen LogP contribution in [0.2, 0.25) is 0 Å². The maximum Gasteiger partial charge on any atom is 0.306 e. The summed E-state index contributed by atoms with van der Waals surface area (Å²) in [5.41, 5.74) is 7.24. The Labute approximate surface area is 215 Å². The SMILES string of the molecule is O=C(CCC(=O)OCCc1ccccc1)NC(=S)NNC(=O)c1ccccc1OCc1ccccc1. The Morgan fingerprint density at radius 3 is 2.11 bits per heavy atom. The van der Waals surface area contributed by atoms with Crippen molar-refractivity contribution in [2.75, 3.05) is 6.61 Å². The number of thiocarbonyl (C=S) groups is 1. The molecule has 0 bridgehead atoms. The van der Waals surface area contributed by atoms with Crippen molar-refractivity contribution in [3.05, 3.63) is 102 Å². The van der Waals surface area contributed by atoms with Gasteiger partial charge < -0.3 is 14.8 Å². The number of hydrazine groups is 1. The lowest BCUT2D eigenvalue weighted by Crippen LogP contribution is -2.48. The monoisotopic (exact) mass is 505 g/mol. The van der Waals surface area contributed by atoms with E-state index in [-0.39, 0.29) is 24.6 Å². The van der Waals surface area contributed by atoms with Crippen molar-refractivity contribution in [1.82, 2.24) is 16.2 Å². The van der Waals surface area contributed by atoms with Crippen LogP contribution in [0.25, 0.3) is 0 Å². The molecule has 0 aromatic heterocycles. The number of carbonyl (C=O) groups is 3. The molecule has 8 nitrogen and oxygen atoms in total. The van der Waals surface area contributed by atoms with E-state index < -0.39 is 17.8 Å². The van der Waals surface area contributed by atoms with Gasteiger partial charge in [0.25, 0.3) is 5.91 Å². The Kier molecular flexibility index (Phi) is 10.4. The largest absolute Gasteiger partial charge is 0.488 e. The predicted molar refractivity (Wildman–Crippen MR) is 139 cm³/mol. The lowest BCUT2D eigenvalue weighted by Gasteiger charge is -2.13. The zero-order chi connectivity index (χ0) is 25.6. The first kappa shape index (κ1) is 26.4. The van der Waals surface area contributed by atoms with E-state index in [0.29, 0.717) is 24.3 Å². The summed E-state index contributed by atoms with van der Waals surface area (Å²) in [6, 6.07) is 26.0. The summed E-state index contributed by atoms with van der Waals surface area (Å²) in [5, 5.41) is 2.31. The normalized spacial score (nSPS) is 10.1. The fourth-order valence-corrected chi connectivity index (χ4v) is 3.30. The Balaban J connectivity index is 1.36. The summed E-state index contributed by atoms with van der Waals surface area (Å²) in [6.07, 6.45) is 0.421. The second-order valence-corrected chi connectivity index (χ2v) is 8.09. The Hall–Kier alpha value is -4.24. The third kappa shape index (κ3) is 9.19. The van der Waals surface area contributed by atoms with Crippen LogP contribution in [-0.2, 0) is 27.4 Å². The van der Waals surface area contributed by atoms with Crippen molar-refractivity contribution >= 4 is 35.1 Å². The van der Waals surface area contributed by atoms with Gasteiger partial charge in [0, 0.05) is 12.8 Å². The van der Waals surface area contributed by atoms with E-state index in [0.717, 1.165) is 11.1 Å². The van der Waals surface area contributed by atoms with Crippen molar-refractivity contribution in [3.8, 4) is 5.75 Å². The number of carbonyl (C=O) groups excluding carboxylic acids is 3. The van der Waals surface area contributed by atoms with Crippen LogP contribution < -0.4 is 20.9 Å². The fraction of sp³-hybridized carbons (Fsp3) is 0.185. The molecular formula is C27H27N3O5S. The third-order valence-electron chi connectivity index (χ3n) is 4.96. The van der Waals surface area contributed by atoms with Gasteiger partial charge >= 0.3 is 5.97 Å². The molecule has 0 saturated heterocycles. The summed E-state index contributed by atoms with van der Waals surface area (Å²) in [4.78, 5) is 36.5. The average molecular weight is 506 g/mol. The minimum atomic E-state index is -0.489. The van der Waals surface area contributed by atoms with Crippen LogP contribution in [0, 0.1) is 0 Å². The molecule has 0 heterocycles. The third-order valence-corrected chi connectivity index (χ3v) is 5.17. The van der Waals surface area contributed by atoms with E-state index in [9.17, 15) is 14.4 Å². The van der Waals surface area contributed by atoms with Crippen molar-refractivity contribution in [2.24, 2.45) is 0 Å². The first-order valence-electron chi connectivity index (χ1n) is 11.4. The molecule has 0 aliphatic rings. The Morgan fingerprint density at radius 2 is 1.39 bits per heavy atom. The first-order chi connectivity index (χ1) is 17.5. The standard InChI is InChI=1S/C27H27N3O5S/c31-24(15-16-25(32)34-18-17-20-9-3-1-4-10-20)28-27(36)30-29-26(33)22-13-7-8-14-23(22)35-19-21-11-5-2-6-12-21/h1-14H,15-19H2,(H,29,33)(H2,28,30,31,36). The first-order valence-corrected chi connectivity index (χ1v) is 11.8. The van der Waals surface area contributed by atoms with Gasteiger partial charge in [-0.05, 0) is 35.5 Å². The molecular weight excluding hydrogens is 478 g/mol. The number of ether oxygens (including phenoxy) is 2. The van der Waals surface area contributed by atoms with Gasteiger partial charge in [0.2, 0.25) is 5.91 Å². The van der Waals surface area contributed by atoms with Gasteiger partial charge in [-0.25, -0.2) is 0 Å². The van der Waals surface area contributed by atoms with E-state index in [1.807, 2.05) is 60.7 Å². The molecule has 3 aromatic rings. The molecule has 0 saturated carbocycles. The van der Waals surface area contributed by atoms with Gasteiger partial charge in [0.1, 0.15) is 12.4 Å². The number of hydrogen-bond acceptors (Lipinski definition) is 6. The minimum Gasteiger partial charge on any atom is -0.488 e. The van der Waals surface area contributed by atoms with E-state index in [4.69, 9.17) is 21.7 Å². The number of para-hydroxylation sites is 1. The number of nitrogens with one attached hydrogen (secondary N) is 3. The summed E-state index contributed by atoms with van der Waals surface area (Å²) in [7, 11) is 0. The highest BCUT2D eigenvalue weighted by Crippen LogP contribution is 2.19. The molecule has 0 aliphatic carbocycles. The van der Waals surface area contributed by atoms with Crippen LogP contribution in [0.4, 0.5) is 0 Å². The quantitative estimate of drug-likeness (QED) is 0.220. The molecule has 3 rings (SSSR count). The van der Waals surface area contributed by atoms with Crippen molar-refractivity contribution in [2.45, 2.75) is 25.9 Å². The number of rotatable bonds is 10. The van der Waals surface area contributed by atoms with Crippen molar-refractivity contribution in [3.63, 3.8) is 0 Å². The van der Waals surface area contributed by atoms with E-state index in [1.54, 1.807) is 24.3 Å². The van der Waals surface area contributed by atoms with Gasteiger partial charge in [0.15, 0.2) is 5.11 Å². The van der Waals surface area contributed by atoms with Crippen molar-refractivity contribution < 1.29 is 23.9 Å². The highest BCUT2D eigenvalue weighted by molar-refractivity contribution is 7.80. The van der Waals surface area contributed by atoms with Crippen LogP contribution in [0.1, 0.15) is 34.3 Å². The van der Waals surface area contributed by atoms with Gasteiger partial charge in [0.05, 0.1) is 18.6 Å². The molecule has 0 atom stereocenters. The van der Waals surface area contributed by atoms with Crippen LogP contribution in [-0.4, -0.2) is 29.5 Å². The lowest BCUT2D eigenvalue weighted by molar-refractivity contribution is -0.144. The predicted octanol–water partition coefficient (Wildman–Crippen LogP) is 3.47. The highest BCUT2D eigenvalue weighted by atomic mass is 32.1. The van der Waals surface area contributed by atoms with Crippen molar-refractivity contribution in [1.29, 1.82) is 0 Å². The maximum atomic E-state index is 12.6. The summed E-state index contributed by atoms with van der Waals surface area (Å²) < 4.78 is 10.9. The van der Waals surface area contributed by atoms with E-state index >= 15 is 0 Å². The molecule has 2 amide bonds. The maximum absolute atomic E-state index is 12.6. The fourth-order valence-electron chi connectivity index (χ4n) is 3.13. The smallest absolute Gasteiger partial charge is 0.306 e. The number of benzene rings is 3. The second-order valence-electron chi connectivity index (χ2n) is 7.68. The highest BCUT2D eigenvalue weighted by Gasteiger charge is 2.14. The molecule has 0 aliphatic heterocycles. The zero-order valence-corrected chi connectivity index (χ0v) is 20.4. The summed E-state index contributed by atoms with van der Waals surface area (Å²) >= 11 is 5.05. The number of esters is 1. The van der Waals surface area contributed by atoms with Crippen LogP contribution >= 0.6 is 12.2 Å². The molecule has 0 unspecified atom stereocenters. The second kappa shape index (κ2) is 14.2. The molecule has 3 N–H and O–H groups in total. The van der Waals surface area contributed by atoms with Gasteiger partial charge in [-0.15, -0.1) is 0 Å². The number of hydrogen-bond donors (Lipinski definition) is 3. The molecule has 0 spiro atoms. The van der Waals surface area contributed by atoms with Crippen LogP contribution in [0.5, 0.6) is 5.75 Å². The van der Waals surface area contributed by atoms with Crippen LogP contribution in [0.15, 0.2) is 84.9 Å². The topological polar surface area (TPSA) is 106 Å². The van der Waals surface area contributed by atoms with E-state index in [1.165, 1.54) is 0 Å². The van der Waals surface area contributed by atoms with Gasteiger partial charge in [-0.3, -0.25) is 25.2 Å². The lowest BCUT2D eigenvalue weighted by atomic mass is 10.2.